The Balaban J connectivity index is 1.73. The lowest BCUT2D eigenvalue weighted by atomic mass is 9.86. The van der Waals surface area contributed by atoms with E-state index in [9.17, 15) is 9.59 Å². The molecule has 0 spiro atoms. The number of hydrogen-bond acceptors (Lipinski definition) is 4. The average Bonchev–Trinajstić information content (AvgIpc) is 3.10. The van der Waals surface area contributed by atoms with Gasteiger partial charge in [-0.1, -0.05) is 60.2 Å². The van der Waals surface area contributed by atoms with Crippen LogP contribution in [-0.2, 0) is 9.53 Å². The number of carbonyl (C=O) groups is 2. The third-order valence-corrected chi connectivity index (χ3v) is 6.52. The first-order chi connectivity index (χ1) is 13.1. The predicted molar refractivity (Wildman–Crippen MR) is 113 cm³/mol. The van der Waals surface area contributed by atoms with Gasteiger partial charge in [0.2, 0.25) is 5.91 Å². The maximum atomic E-state index is 12.4. The Morgan fingerprint density at radius 1 is 1.19 bits per heavy atom. The zero-order chi connectivity index (χ0) is 19.2. The maximum Gasteiger partial charge on any atom is 0.341 e. The molecule has 6 heteroatoms. The average molecular weight is 450 g/mol. The molecule has 1 saturated carbocycles. The van der Waals surface area contributed by atoms with Gasteiger partial charge in [0.25, 0.3) is 0 Å². The SMILES string of the molecule is COC(=O)c1c(-c2ccc(Br)cc2)csc1NC(=O)CCC1CCCCC1. The van der Waals surface area contributed by atoms with Gasteiger partial charge < -0.3 is 10.1 Å². The molecule has 1 aliphatic rings. The van der Waals surface area contributed by atoms with E-state index in [1.54, 1.807) is 0 Å². The number of benzene rings is 1. The van der Waals surface area contributed by atoms with Gasteiger partial charge in [0.05, 0.1) is 7.11 Å². The fourth-order valence-corrected chi connectivity index (χ4v) is 4.83. The van der Waals surface area contributed by atoms with Crippen LogP contribution in [-0.4, -0.2) is 19.0 Å². The first-order valence-corrected chi connectivity index (χ1v) is 11.0. The Morgan fingerprint density at radius 2 is 1.89 bits per heavy atom. The quantitative estimate of drug-likeness (QED) is 0.529. The molecule has 4 nitrogen and oxygen atoms in total. The van der Waals surface area contributed by atoms with Gasteiger partial charge in [0.15, 0.2) is 0 Å². The van der Waals surface area contributed by atoms with Crippen LogP contribution in [0.25, 0.3) is 11.1 Å². The summed E-state index contributed by atoms with van der Waals surface area (Å²) in [5, 5.41) is 5.39. The summed E-state index contributed by atoms with van der Waals surface area (Å²) in [6.45, 7) is 0. The number of esters is 1. The monoisotopic (exact) mass is 449 g/mol. The van der Waals surface area contributed by atoms with Crippen LogP contribution in [0.1, 0.15) is 55.3 Å². The van der Waals surface area contributed by atoms with Crippen LogP contribution >= 0.6 is 27.3 Å². The number of rotatable bonds is 6. The molecule has 1 fully saturated rings. The predicted octanol–water partition coefficient (Wildman–Crippen LogP) is 6.26. The molecular formula is C21H24BrNO3S. The van der Waals surface area contributed by atoms with Crippen LogP contribution in [0, 0.1) is 5.92 Å². The topological polar surface area (TPSA) is 55.4 Å². The van der Waals surface area contributed by atoms with Crippen LogP contribution in [0.3, 0.4) is 0 Å². The van der Waals surface area contributed by atoms with Crippen molar-refractivity contribution >= 4 is 44.1 Å². The van der Waals surface area contributed by atoms with Crippen molar-refractivity contribution in [1.82, 2.24) is 0 Å². The molecular weight excluding hydrogens is 426 g/mol. The Bertz CT molecular complexity index is 794. The Labute approximate surface area is 172 Å². The molecule has 0 atom stereocenters. The molecule has 1 aromatic heterocycles. The molecule has 0 bridgehead atoms. The summed E-state index contributed by atoms with van der Waals surface area (Å²) >= 11 is 4.79. The van der Waals surface area contributed by atoms with Crippen LogP contribution in [0.5, 0.6) is 0 Å². The standard InChI is InChI=1S/C21H24BrNO3S/c1-26-21(25)19-17(15-8-10-16(22)11-9-15)13-27-20(19)23-18(24)12-7-14-5-3-2-4-6-14/h8-11,13-14H,2-7,12H2,1H3,(H,23,24). The molecule has 0 radical (unpaired) electrons. The van der Waals surface area contributed by atoms with Gasteiger partial charge in [-0.05, 0) is 30.0 Å². The minimum atomic E-state index is -0.434. The highest BCUT2D eigenvalue weighted by Gasteiger charge is 2.23. The van der Waals surface area contributed by atoms with Crippen molar-refractivity contribution in [3.05, 3.63) is 39.7 Å². The molecule has 27 heavy (non-hydrogen) atoms. The van der Waals surface area contributed by atoms with Gasteiger partial charge in [0.1, 0.15) is 10.6 Å². The minimum absolute atomic E-state index is 0.0325. The van der Waals surface area contributed by atoms with E-state index in [0.717, 1.165) is 22.0 Å². The van der Waals surface area contributed by atoms with E-state index in [2.05, 4.69) is 21.2 Å². The lowest BCUT2D eigenvalue weighted by molar-refractivity contribution is -0.116. The van der Waals surface area contributed by atoms with Crippen molar-refractivity contribution in [1.29, 1.82) is 0 Å². The summed E-state index contributed by atoms with van der Waals surface area (Å²) in [6.07, 6.45) is 7.75. The molecule has 3 rings (SSSR count). The number of methoxy groups -OCH3 is 1. The summed E-state index contributed by atoms with van der Waals surface area (Å²) in [5.74, 6) is 0.193. The molecule has 1 aromatic carbocycles. The number of carbonyl (C=O) groups excluding carboxylic acids is 2. The highest BCUT2D eigenvalue weighted by Crippen LogP contribution is 2.37. The van der Waals surface area contributed by atoms with Gasteiger partial charge in [-0.2, -0.15) is 0 Å². The van der Waals surface area contributed by atoms with E-state index in [4.69, 9.17) is 4.74 Å². The number of anilines is 1. The second-order valence-corrected chi connectivity index (χ2v) is 8.74. The fourth-order valence-electron chi connectivity index (χ4n) is 3.60. The van der Waals surface area contributed by atoms with Crippen LogP contribution in [0.15, 0.2) is 34.1 Å². The lowest BCUT2D eigenvalue weighted by Crippen LogP contribution is -2.16. The summed E-state index contributed by atoms with van der Waals surface area (Å²) in [5.41, 5.74) is 2.12. The Kier molecular flexibility index (Phi) is 7.07. The number of amides is 1. The summed E-state index contributed by atoms with van der Waals surface area (Å²) in [6, 6.07) is 7.73. The van der Waals surface area contributed by atoms with Crippen LogP contribution in [0.4, 0.5) is 5.00 Å². The van der Waals surface area contributed by atoms with E-state index in [-0.39, 0.29) is 5.91 Å². The van der Waals surface area contributed by atoms with Crippen molar-refractivity contribution in [2.24, 2.45) is 5.92 Å². The highest BCUT2D eigenvalue weighted by molar-refractivity contribution is 9.10. The number of halogens is 1. The third-order valence-electron chi connectivity index (χ3n) is 5.09. The molecule has 1 aliphatic carbocycles. The van der Waals surface area contributed by atoms with E-state index in [1.165, 1.54) is 50.6 Å². The lowest BCUT2D eigenvalue weighted by Gasteiger charge is -2.20. The number of nitrogens with one attached hydrogen (secondary N) is 1. The zero-order valence-corrected chi connectivity index (χ0v) is 17.8. The fraction of sp³-hybridized carbons (Fsp3) is 0.429. The second kappa shape index (κ2) is 9.51. The van der Waals surface area contributed by atoms with E-state index < -0.39 is 5.97 Å². The Hall–Kier alpha value is -1.66. The van der Waals surface area contributed by atoms with Gasteiger partial charge in [0, 0.05) is 21.8 Å². The van der Waals surface area contributed by atoms with Gasteiger partial charge in [-0.3, -0.25) is 4.79 Å². The minimum Gasteiger partial charge on any atom is -0.465 e. The normalized spacial score (nSPS) is 14.7. The number of ether oxygens (including phenoxy) is 1. The van der Waals surface area contributed by atoms with Crippen molar-refractivity contribution in [2.45, 2.75) is 44.9 Å². The van der Waals surface area contributed by atoms with Crippen molar-refractivity contribution in [2.75, 3.05) is 12.4 Å². The number of thiophene rings is 1. The van der Waals surface area contributed by atoms with Gasteiger partial charge in [-0.15, -0.1) is 11.3 Å². The van der Waals surface area contributed by atoms with Crippen LogP contribution < -0.4 is 5.32 Å². The number of hydrogen-bond donors (Lipinski definition) is 1. The molecule has 2 aromatic rings. The van der Waals surface area contributed by atoms with E-state index in [0.29, 0.717) is 22.9 Å². The summed E-state index contributed by atoms with van der Waals surface area (Å²) in [4.78, 5) is 24.8. The largest absolute Gasteiger partial charge is 0.465 e. The summed E-state index contributed by atoms with van der Waals surface area (Å²) < 4.78 is 5.93. The first kappa shape index (κ1) is 20.1. The van der Waals surface area contributed by atoms with Crippen LogP contribution in [0.2, 0.25) is 0 Å². The molecule has 144 valence electrons. The van der Waals surface area contributed by atoms with E-state index >= 15 is 0 Å². The zero-order valence-electron chi connectivity index (χ0n) is 15.4. The molecule has 1 heterocycles. The third kappa shape index (κ3) is 5.20. The molecule has 1 amide bonds. The molecule has 0 unspecified atom stereocenters. The van der Waals surface area contributed by atoms with Crippen molar-refractivity contribution in [3.8, 4) is 11.1 Å². The van der Waals surface area contributed by atoms with Gasteiger partial charge >= 0.3 is 5.97 Å². The molecule has 0 aliphatic heterocycles. The second-order valence-electron chi connectivity index (χ2n) is 6.94. The first-order valence-electron chi connectivity index (χ1n) is 9.34. The Morgan fingerprint density at radius 3 is 2.56 bits per heavy atom. The highest BCUT2D eigenvalue weighted by atomic mass is 79.9. The molecule has 0 saturated heterocycles. The summed E-state index contributed by atoms with van der Waals surface area (Å²) in [7, 11) is 1.36. The van der Waals surface area contributed by atoms with Crippen molar-refractivity contribution in [3.63, 3.8) is 0 Å². The molecule has 1 N–H and O–H groups in total. The van der Waals surface area contributed by atoms with Crippen molar-refractivity contribution < 1.29 is 14.3 Å². The van der Waals surface area contributed by atoms with Gasteiger partial charge in [-0.25, -0.2) is 4.79 Å². The van der Waals surface area contributed by atoms with E-state index in [1.807, 2.05) is 29.6 Å². The smallest absolute Gasteiger partial charge is 0.341 e. The maximum absolute atomic E-state index is 12.4.